The molecule has 35 heavy (non-hydrogen) atoms. The Bertz CT molecular complexity index is 1260. The van der Waals surface area contributed by atoms with Crippen LogP contribution in [0.4, 0.5) is 23.1 Å². The van der Waals surface area contributed by atoms with E-state index in [-0.39, 0.29) is 18.1 Å². The van der Waals surface area contributed by atoms with Crippen LogP contribution in [-0.2, 0) is 11.3 Å². The molecule has 0 atom stereocenters. The highest BCUT2D eigenvalue weighted by molar-refractivity contribution is 6.84. The summed E-state index contributed by atoms with van der Waals surface area (Å²) in [6.45, 7) is 9.08. The molecule has 1 fully saturated rings. The van der Waals surface area contributed by atoms with Crippen LogP contribution in [0.25, 0.3) is 11.2 Å². The minimum absolute atomic E-state index is 0.218. The molecular weight excluding hydrogens is 458 g/mol. The molecule has 4 N–H and O–H groups in total. The molecule has 4 rings (SSSR count). The Hall–Kier alpha value is -3.42. The number of imidazole rings is 1. The van der Waals surface area contributed by atoms with Gasteiger partial charge in [-0.25, -0.2) is 4.98 Å². The van der Waals surface area contributed by atoms with Crippen molar-refractivity contribution in [2.75, 3.05) is 16.0 Å². The van der Waals surface area contributed by atoms with Gasteiger partial charge in [0.05, 0.1) is 12.4 Å². The molecule has 1 saturated carbocycles. The standard InChI is InChI=1S/C25H33N7O2Si/c1-5-32-16-26-22-23(30-25(31-24(22)32)29-17-9-11-20(33)12-10-17)28-19-8-6-7-18(15-19)27-21(34)13-14-35(2,3)4/h6-8,15-17,20,33H,5,9-12H2,1-4H3,(H,27,34)(H2,28,29,30,31)/t17-,20-. The average molecular weight is 492 g/mol. The fourth-order valence-electron chi connectivity index (χ4n) is 3.95. The van der Waals surface area contributed by atoms with Crippen LogP contribution in [0.5, 0.6) is 0 Å². The van der Waals surface area contributed by atoms with Gasteiger partial charge in [0.1, 0.15) is 8.07 Å². The minimum atomic E-state index is -1.63. The molecule has 0 aliphatic heterocycles. The Morgan fingerprint density at radius 3 is 2.63 bits per heavy atom. The van der Waals surface area contributed by atoms with Crippen LogP contribution < -0.4 is 16.0 Å². The van der Waals surface area contributed by atoms with Gasteiger partial charge in [0, 0.05) is 24.0 Å². The monoisotopic (exact) mass is 491 g/mol. The molecule has 0 spiro atoms. The van der Waals surface area contributed by atoms with Gasteiger partial charge in [0.25, 0.3) is 5.91 Å². The number of nitrogens with one attached hydrogen (secondary N) is 3. The van der Waals surface area contributed by atoms with Gasteiger partial charge in [-0.15, -0.1) is 5.54 Å². The summed E-state index contributed by atoms with van der Waals surface area (Å²) in [5.74, 6) is 3.50. The molecule has 184 valence electrons. The third-order valence-corrected chi connectivity index (χ3v) is 6.64. The van der Waals surface area contributed by atoms with Crippen molar-refractivity contribution >= 4 is 48.3 Å². The number of amides is 1. The summed E-state index contributed by atoms with van der Waals surface area (Å²) < 4.78 is 1.98. The summed E-state index contributed by atoms with van der Waals surface area (Å²) in [4.78, 5) is 26.2. The maximum Gasteiger partial charge on any atom is 0.299 e. The summed E-state index contributed by atoms with van der Waals surface area (Å²) in [6, 6.07) is 7.65. The zero-order valence-electron chi connectivity index (χ0n) is 20.7. The van der Waals surface area contributed by atoms with Crippen LogP contribution in [0, 0.1) is 11.5 Å². The summed E-state index contributed by atoms with van der Waals surface area (Å²) in [5, 5.41) is 19.5. The van der Waals surface area contributed by atoms with E-state index in [4.69, 9.17) is 9.97 Å². The lowest BCUT2D eigenvalue weighted by molar-refractivity contribution is -0.111. The second kappa shape index (κ2) is 10.5. The van der Waals surface area contributed by atoms with Gasteiger partial charge in [-0.3, -0.25) is 4.79 Å². The van der Waals surface area contributed by atoms with Gasteiger partial charge in [0.15, 0.2) is 17.0 Å². The van der Waals surface area contributed by atoms with Crippen LogP contribution in [0.15, 0.2) is 30.6 Å². The van der Waals surface area contributed by atoms with Gasteiger partial charge in [0.2, 0.25) is 5.95 Å². The van der Waals surface area contributed by atoms with Crippen molar-refractivity contribution in [1.82, 2.24) is 19.5 Å². The molecule has 1 aromatic carbocycles. The van der Waals surface area contributed by atoms with Gasteiger partial charge in [-0.05, 0) is 56.7 Å². The minimum Gasteiger partial charge on any atom is -0.393 e. The number of aliphatic hydroxyl groups is 1. The largest absolute Gasteiger partial charge is 0.393 e. The molecule has 0 bridgehead atoms. The summed E-state index contributed by atoms with van der Waals surface area (Å²) >= 11 is 0. The molecule has 10 heteroatoms. The van der Waals surface area contributed by atoms with E-state index in [1.807, 2.05) is 35.8 Å². The number of benzene rings is 1. The van der Waals surface area contributed by atoms with E-state index < -0.39 is 8.07 Å². The van der Waals surface area contributed by atoms with Crippen molar-refractivity contribution < 1.29 is 9.90 Å². The summed E-state index contributed by atoms with van der Waals surface area (Å²) in [7, 11) is -1.63. The normalized spacial score (nSPS) is 18.0. The third kappa shape index (κ3) is 6.59. The van der Waals surface area contributed by atoms with Crippen LogP contribution in [0.3, 0.4) is 0 Å². The van der Waals surface area contributed by atoms with Crippen molar-refractivity contribution in [2.24, 2.45) is 0 Å². The lowest BCUT2D eigenvalue weighted by Gasteiger charge is -2.26. The first-order chi connectivity index (χ1) is 16.7. The Morgan fingerprint density at radius 1 is 1.17 bits per heavy atom. The number of anilines is 4. The smallest absolute Gasteiger partial charge is 0.299 e. The highest BCUT2D eigenvalue weighted by Gasteiger charge is 2.21. The molecule has 0 unspecified atom stereocenters. The van der Waals surface area contributed by atoms with Gasteiger partial charge in [-0.2, -0.15) is 9.97 Å². The number of hydrogen-bond acceptors (Lipinski definition) is 7. The zero-order valence-corrected chi connectivity index (χ0v) is 21.7. The van der Waals surface area contributed by atoms with E-state index in [0.29, 0.717) is 23.0 Å². The van der Waals surface area contributed by atoms with Crippen molar-refractivity contribution in [2.45, 2.75) is 70.9 Å². The van der Waals surface area contributed by atoms with Crippen LogP contribution in [0.2, 0.25) is 19.6 Å². The number of rotatable bonds is 6. The number of aryl methyl sites for hydroxylation is 1. The van der Waals surface area contributed by atoms with Crippen molar-refractivity contribution in [3.63, 3.8) is 0 Å². The number of nitrogens with zero attached hydrogens (tertiary/aromatic N) is 4. The Labute approximate surface area is 206 Å². The van der Waals surface area contributed by atoms with Crippen LogP contribution in [-0.4, -0.2) is 50.8 Å². The van der Waals surface area contributed by atoms with E-state index in [1.165, 1.54) is 0 Å². The Morgan fingerprint density at radius 2 is 1.91 bits per heavy atom. The highest BCUT2D eigenvalue weighted by atomic mass is 28.3. The van der Waals surface area contributed by atoms with E-state index in [2.05, 4.69) is 52.0 Å². The Balaban J connectivity index is 1.57. The second-order valence-electron chi connectivity index (χ2n) is 9.91. The van der Waals surface area contributed by atoms with Crippen LogP contribution in [0.1, 0.15) is 32.6 Å². The number of carbonyl (C=O) groups excluding carboxylic acids is 1. The number of aliphatic hydroxyl groups excluding tert-OH is 1. The second-order valence-corrected chi connectivity index (χ2v) is 14.7. The van der Waals surface area contributed by atoms with E-state index >= 15 is 0 Å². The topological polar surface area (TPSA) is 117 Å². The van der Waals surface area contributed by atoms with Gasteiger partial charge < -0.3 is 25.6 Å². The predicted molar refractivity (Wildman–Crippen MR) is 142 cm³/mol. The van der Waals surface area contributed by atoms with Crippen LogP contribution >= 0.6 is 0 Å². The number of aromatic nitrogens is 4. The molecule has 1 amide bonds. The molecule has 2 aromatic heterocycles. The molecule has 2 heterocycles. The molecule has 3 aromatic rings. The predicted octanol–water partition coefficient (Wildman–Crippen LogP) is 4.12. The third-order valence-electron chi connectivity index (χ3n) is 5.77. The lowest BCUT2D eigenvalue weighted by atomic mass is 9.93. The SMILES string of the molecule is CCn1cnc2c(Nc3cccc(NC(=O)C#C[Si](C)(C)C)c3)nc(N[C@H]3CC[C@H](O)CC3)nc21. The molecule has 1 aliphatic rings. The number of hydrogen-bond donors (Lipinski definition) is 4. The molecule has 0 radical (unpaired) electrons. The number of fused-ring (bicyclic) bond motifs is 1. The molecular formula is C25H33N7O2Si. The maximum atomic E-state index is 12.3. The first-order valence-corrected chi connectivity index (χ1v) is 15.6. The maximum absolute atomic E-state index is 12.3. The first-order valence-electron chi connectivity index (χ1n) is 12.1. The van der Waals surface area contributed by atoms with Gasteiger partial charge in [-0.1, -0.05) is 25.7 Å². The first kappa shape index (κ1) is 24.7. The number of carbonyl (C=O) groups is 1. The Kier molecular flexibility index (Phi) is 7.38. The molecule has 9 nitrogen and oxygen atoms in total. The zero-order chi connectivity index (χ0) is 25.0. The molecule has 0 saturated heterocycles. The quantitative estimate of drug-likeness (QED) is 0.303. The van der Waals surface area contributed by atoms with E-state index in [1.54, 1.807) is 6.33 Å². The summed E-state index contributed by atoms with van der Waals surface area (Å²) in [5.41, 5.74) is 5.91. The van der Waals surface area contributed by atoms with E-state index in [0.717, 1.165) is 43.6 Å². The highest BCUT2D eigenvalue weighted by Crippen LogP contribution is 2.27. The van der Waals surface area contributed by atoms with Crippen molar-refractivity contribution in [3.8, 4) is 11.5 Å². The fourth-order valence-corrected chi connectivity index (χ4v) is 4.44. The van der Waals surface area contributed by atoms with Gasteiger partial charge >= 0.3 is 0 Å². The van der Waals surface area contributed by atoms with Crippen molar-refractivity contribution in [1.29, 1.82) is 0 Å². The lowest BCUT2D eigenvalue weighted by Crippen LogP contribution is -2.29. The van der Waals surface area contributed by atoms with Crippen molar-refractivity contribution in [3.05, 3.63) is 30.6 Å². The summed E-state index contributed by atoms with van der Waals surface area (Å²) in [6.07, 6.45) is 4.85. The average Bonchev–Trinajstić information content (AvgIpc) is 3.22. The fraction of sp³-hybridized carbons (Fsp3) is 0.440. The van der Waals surface area contributed by atoms with E-state index in [9.17, 15) is 9.90 Å². The molecule has 1 aliphatic carbocycles.